The fourth-order valence-corrected chi connectivity index (χ4v) is 8.27. The summed E-state index contributed by atoms with van der Waals surface area (Å²) in [5, 5.41) is 12.3. The van der Waals surface area contributed by atoms with Crippen LogP contribution < -0.4 is 15.1 Å². The van der Waals surface area contributed by atoms with E-state index in [1.807, 2.05) is 19.1 Å². The number of aromatic hydroxyl groups is 1. The van der Waals surface area contributed by atoms with Gasteiger partial charge in [-0.1, -0.05) is 52.9 Å². The molecule has 12 heteroatoms. The number of phenolic OH excluding ortho intramolecular Hbond substituents is 1. The third-order valence-electron chi connectivity index (χ3n) is 7.58. The predicted octanol–water partition coefficient (Wildman–Crippen LogP) is 4.54. The standard InChI is InChI=1S/C32H27N3O7S2/c1-3-42-31(40)19-6-10-20(11-7-19)33-23(37)16-34-30-27(44-32(34)41)24(18-8-14-22(36)15-9-18)25-26(43-30)29(39)35(28(25)38)21-12-4-17(2)5-13-21/h4-15,24-26,36H,3,16H2,1-2H3,(H,33,37)/t24-,25+,26-/m0/s1. The smallest absolute Gasteiger partial charge is 0.338 e. The van der Waals surface area contributed by atoms with Gasteiger partial charge in [0.15, 0.2) is 0 Å². The van der Waals surface area contributed by atoms with E-state index in [0.29, 0.717) is 32.4 Å². The Hall–Kier alpha value is -4.68. The molecule has 3 amide bonds. The van der Waals surface area contributed by atoms with Gasteiger partial charge in [0.1, 0.15) is 17.5 Å². The zero-order chi connectivity index (χ0) is 31.1. The third-order valence-corrected chi connectivity index (χ3v) is 10.2. The van der Waals surface area contributed by atoms with Gasteiger partial charge in [-0.15, -0.1) is 0 Å². The lowest BCUT2D eigenvalue weighted by molar-refractivity contribution is -0.122. The first-order valence-corrected chi connectivity index (χ1v) is 15.6. The summed E-state index contributed by atoms with van der Waals surface area (Å²) in [4.78, 5) is 67.5. The highest BCUT2D eigenvalue weighted by molar-refractivity contribution is 8.00. The molecule has 3 heterocycles. The van der Waals surface area contributed by atoms with Crippen LogP contribution in [0.5, 0.6) is 5.75 Å². The van der Waals surface area contributed by atoms with Crippen molar-refractivity contribution in [2.24, 2.45) is 5.92 Å². The molecule has 0 spiro atoms. The number of benzene rings is 3. The molecule has 2 aliphatic heterocycles. The minimum Gasteiger partial charge on any atom is -0.508 e. The maximum absolute atomic E-state index is 13.9. The van der Waals surface area contributed by atoms with E-state index in [0.717, 1.165) is 28.7 Å². The first kappa shape index (κ1) is 29.4. The summed E-state index contributed by atoms with van der Waals surface area (Å²) in [7, 11) is 0. The van der Waals surface area contributed by atoms with Crippen LogP contribution in [0, 0.1) is 12.8 Å². The normalized spacial score (nSPS) is 19.0. The summed E-state index contributed by atoms with van der Waals surface area (Å²) in [6, 6.07) is 19.7. The summed E-state index contributed by atoms with van der Waals surface area (Å²) in [6.07, 6.45) is 0. The van der Waals surface area contributed by atoms with Gasteiger partial charge in [-0.25, -0.2) is 9.69 Å². The molecule has 44 heavy (non-hydrogen) atoms. The van der Waals surface area contributed by atoms with Crippen molar-refractivity contribution in [3.8, 4) is 5.75 Å². The maximum Gasteiger partial charge on any atom is 0.338 e. The Kier molecular flexibility index (Phi) is 7.87. The number of thiazole rings is 1. The number of ether oxygens (including phenoxy) is 1. The number of carbonyl (C=O) groups is 4. The molecule has 0 saturated carbocycles. The highest BCUT2D eigenvalue weighted by Crippen LogP contribution is 2.54. The minimum absolute atomic E-state index is 0.0449. The molecule has 2 aliphatic rings. The van der Waals surface area contributed by atoms with Gasteiger partial charge in [-0.05, 0) is 67.9 Å². The van der Waals surface area contributed by atoms with Crippen LogP contribution in [0.25, 0.3) is 0 Å². The van der Waals surface area contributed by atoms with E-state index in [2.05, 4.69) is 5.32 Å². The van der Waals surface area contributed by atoms with Crippen molar-refractivity contribution in [2.45, 2.75) is 36.6 Å². The van der Waals surface area contributed by atoms with E-state index in [1.165, 1.54) is 33.7 Å². The molecule has 0 radical (unpaired) electrons. The fourth-order valence-electron chi connectivity index (χ4n) is 5.49. The third kappa shape index (κ3) is 5.31. The van der Waals surface area contributed by atoms with E-state index in [9.17, 15) is 29.1 Å². The molecule has 10 nitrogen and oxygen atoms in total. The van der Waals surface area contributed by atoms with Crippen molar-refractivity contribution in [1.82, 2.24) is 4.57 Å². The van der Waals surface area contributed by atoms with Crippen molar-refractivity contribution in [3.63, 3.8) is 0 Å². The fraction of sp³-hybridized carbons (Fsp3) is 0.219. The number of amides is 3. The van der Waals surface area contributed by atoms with Gasteiger partial charge in [0.05, 0.1) is 28.8 Å². The lowest BCUT2D eigenvalue weighted by Crippen LogP contribution is -2.33. The van der Waals surface area contributed by atoms with Gasteiger partial charge in [-0.2, -0.15) is 0 Å². The Balaban J connectivity index is 1.33. The molecule has 1 aromatic heterocycles. The average molecular weight is 630 g/mol. The Morgan fingerprint density at radius 3 is 2.27 bits per heavy atom. The van der Waals surface area contributed by atoms with E-state index in [-0.39, 0.29) is 30.7 Å². The number of hydrogen-bond donors (Lipinski definition) is 2. The van der Waals surface area contributed by atoms with Crippen LogP contribution >= 0.6 is 23.1 Å². The predicted molar refractivity (Wildman–Crippen MR) is 166 cm³/mol. The van der Waals surface area contributed by atoms with Gasteiger partial charge in [0.2, 0.25) is 17.7 Å². The minimum atomic E-state index is -0.825. The lowest BCUT2D eigenvalue weighted by atomic mass is 9.83. The van der Waals surface area contributed by atoms with Crippen LogP contribution in [0.15, 0.2) is 82.6 Å². The molecule has 6 rings (SSSR count). The summed E-state index contributed by atoms with van der Waals surface area (Å²) in [5.41, 5.74) is 2.90. The van der Waals surface area contributed by atoms with E-state index in [1.54, 1.807) is 43.3 Å². The van der Waals surface area contributed by atoms with Gasteiger partial charge in [0.25, 0.3) is 0 Å². The average Bonchev–Trinajstić information content (AvgIpc) is 3.45. The number of thioether (sulfide) groups is 1. The first-order valence-electron chi connectivity index (χ1n) is 13.9. The molecule has 0 unspecified atom stereocenters. The number of hydrogen-bond acceptors (Lipinski definition) is 9. The maximum atomic E-state index is 13.9. The molecular formula is C32H27N3O7S2. The summed E-state index contributed by atoms with van der Waals surface area (Å²) >= 11 is 2.07. The van der Waals surface area contributed by atoms with Crippen molar-refractivity contribution >= 4 is 58.2 Å². The van der Waals surface area contributed by atoms with Gasteiger partial charge in [-0.3, -0.25) is 23.7 Å². The molecule has 0 aliphatic carbocycles. The lowest BCUT2D eigenvalue weighted by Gasteiger charge is -2.30. The monoisotopic (exact) mass is 629 g/mol. The van der Waals surface area contributed by atoms with E-state index >= 15 is 0 Å². The Bertz CT molecular complexity index is 1830. The number of carbonyl (C=O) groups excluding carboxylic acids is 4. The van der Waals surface area contributed by atoms with Crippen LogP contribution in [-0.4, -0.2) is 45.2 Å². The number of imide groups is 1. The van der Waals surface area contributed by atoms with Crippen LogP contribution in [-0.2, 0) is 25.7 Å². The second-order valence-corrected chi connectivity index (χ2v) is 12.6. The molecule has 3 aromatic carbocycles. The molecule has 0 bridgehead atoms. The molecule has 224 valence electrons. The second-order valence-electron chi connectivity index (χ2n) is 10.5. The zero-order valence-corrected chi connectivity index (χ0v) is 25.3. The number of nitrogens with zero attached hydrogens (tertiary/aromatic N) is 2. The Morgan fingerprint density at radius 2 is 1.61 bits per heavy atom. The first-order chi connectivity index (χ1) is 21.2. The SMILES string of the molecule is CCOC(=O)c1ccc(NC(=O)Cn2c3c(sc2=O)[C@@H](c2ccc(O)cc2)[C@H]2C(=O)N(c4ccc(C)cc4)C(=O)[C@H]2S3)cc1. The number of fused-ring (bicyclic) bond motifs is 2. The highest BCUT2D eigenvalue weighted by Gasteiger charge is 2.56. The number of aryl methyl sites for hydroxylation is 1. The number of rotatable bonds is 7. The Labute approximate surface area is 260 Å². The number of aromatic nitrogens is 1. The zero-order valence-electron chi connectivity index (χ0n) is 23.7. The number of anilines is 2. The van der Waals surface area contributed by atoms with Crippen molar-refractivity contribution in [3.05, 3.63) is 104 Å². The molecule has 2 N–H and O–H groups in total. The number of esters is 1. The quantitative estimate of drug-likeness (QED) is 0.225. The van der Waals surface area contributed by atoms with Crippen LogP contribution in [0.2, 0.25) is 0 Å². The molecule has 1 saturated heterocycles. The highest BCUT2D eigenvalue weighted by atomic mass is 32.2. The van der Waals surface area contributed by atoms with Crippen molar-refractivity contribution in [1.29, 1.82) is 0 Å². The number of nitrogens with one attached hydrogen (secondary N) is 1. The van der Waals surface area contributed by atoms with Gasteiger partial charge >= 0.3 is 10.8 Å². The molecule has 4 aromatic rings. The molecule has 3 atom stereocenters. The van der Waals surface area contributed by atoms with Gasteiger partial charge < -0.3 is 15.2 Å². The molecule has 1 fully saturated rings. The Morgan fingerprint density at radius 1 is 0.932 bits per heavy atom. The van der Waals surface area contributed by atoms with Crippen LogP contribution in [0.3, 0.4) is 0 Å². The largest absolute Gasteiger partial charge is 0.508 e. The van der Waals surface area contributed by atoms with Crippen LogP contribution in [0.4, 0.5) is 11.4 Å². The van der Waals surface area contributed by atoms with E-state index < -0.39 is 33.8 Å². The summed E-state index contributed by atoms with van der Waals surface area (Å²) < 4.78 is 6.32. The van der Waals surface area contributed by atoms with Crippen LogP contribution in [0.1, 0.15) is 39.2 Å². The topological polar surface area (TPSA) is 135 Å². The second kappa shape index (κ2) is 11.8. The van der Waals surface area contributed by atoms with Crippen molar-refractivity contribution < 1.29 is 29.0 Å². The summed E-state index contributed by atoms with van der Waals surface area (Å²) in [6.45, 7) is 3.55. The summed E-state index contributed by atoms with van der Waals surface area (Å²) in [5.74, 6) is -3.08. The molecular weight excluding hydrogens is 603 g/mol. The van der Waals surface area contributed by atoms with Crippen molar-refractivity contribution in [2.75, 3.05) is 16.8 Å². The number of phenols is 1. The van der Waals surface area contributed by atoms with Gasteiger partial charge in [0, 0.05) is 16.5 Å². The van der Waals surface area contributed by atoms with E-state index in [4.69, 9.17) is 4.74 Å².